The molecule has 1 aromatic heterocycles. The molecule has 6 heteroatoms. The van der Waals surface area contributed by atoms with E-state index in [1.807, 2.05) is 0 Å². The number of carbonyl (C=O) groups is 2. The van der Waals surface area contributed by atoms with E-state index < -0.39 is 11.9 Å². The molecular formula is C22H20FNO4. The van der Waals surface area contributed by atoms with E-state index in [9.17, 15) is 14.0 Å². The zero-order valence-electron chi connectivity index (χ0n) is 15.6. The normalized spacial score (nSPS) is 22.0. The number of dihydropyridines is 1. The summed E-state index contributed by atoms with van der Waals surface area (Å²) in [6.45, 7) is 1.79. The fraction of sp³-hybridized carbons (Fsp3) is 0.273. The van der Waals surface area contributed by atoms with E-state index in [4.69, 9.17) is 9.15 Å². The Kier molecular flexibility index (Phi) is 4.63. The lowest BCUT2D eigenvalue weighted by Gasteiger charge is -2.35. The van der Waals surface area contributed by atoms with Crippen LogP contribution in [0.3, 0.4) is 0 Å². The Balaban J connectivity index is 1.77. The highest BCUT2D eigenvalue weighted by Gasteiger charge is 2.42. The summed E-state index contributed by atoms with van der Waals surface area (Å²) in [7, 11) is 1.32. The summed E-state index contributed by atoms with van der Waals surface area (Å²) in [6, 6.07) is 9.74. The molecule has 0 saturated carbocycles. The van der Waals surface area contributed by atoms with Crippen molar-refractivity contribution >= 4 is 11.8 Å². The SMILES string of the molecule is COC(=O)C1=C(C)NC2=C(C(=O)C[C@@H](c3ccc(F)cc3)C2)[C@@H]1c1ccco1. The topological polar surface area (TPSA) is 68.5 Å². The average molecular weight is 381 g/mol. The number of Topliss-reactive ketones (excluding diaryl/α,β-unsaturated/α-hetero) is 1. The second-order valence-electron chi connectivity index (χ2n) is 7.08. The van der Waals surface area contributed by atoms with Gasteiger partial charge < -0.3 is 14.5 Å². The van der Waals surface area contributed by atoms with Crippen molar-refractivity contribution < 1.29 is 23.1 Å². The van der Waals surface area contributed by atoms with E-state index >= 15 is 0 Å². The molecule has 2 aromatic rings. The van der Waals surface area contributed by atoms with Crippen molar-refractivity contribution in [1.29, 1.82) is 0 Å². The Bertz CT molecular complexity index is 986. The first kappa shape index (κ1) is 18.2. The van der Waals surface area contributed by atoms with Gasteiger partial charge in [0.2, 0.25) is 0 Å². The number of hydrogen-bond acceptors (Lipinski definition) is 5. The van der Waals surface area contributed by atoms with Gasteiger partial charge in [-0.25, -0.2) is 9.18 Å². The Morgan fingerprint density at radius 1 is 1.21 bits per heavy atom. The molecule has 1 aromatic carbocycles. The molecular weight excluding hydrogens is 361 g/mol. The molecule has 0 radical (unpaired) electrons. The third-order valence-electron chi connectivity index (χ3n) is 5.40. The molecule has 0 saturated heterocycles. The van der Waals surface area contributed by atoms with Crippen molar-refractivity contribution in [3.63, 3.8) is 0 Å². The number of ketones is 1. The van der Waals surface area contributed by atoms with Crippen molar-refractivity contribution in [2.45, 2.75) is 31.6 Å². The van der Waals surface area contributed by atoms with E-state index in [0.717, 1.165) is 11.3 Å². The minimum atomic E-state index is -0.597. The summed E-state index contributed by atoms with van der Waals surface area (Å²) in [5.74, 6) is -0.975. The predicted molar refractivity (Wildman–Crippen MR) is 99.7 cm³/mol. The van der Waals surface area contributed by atoms with Crippen LogP contribution in [0.5, 0.6) is 0 Å². The van der Waals surface area contributed by atoms with Crippen LogP contribution < -0.4 is 5.32 Å². The van der Waals surface area contributed by atoms with Gasteiger partial charge in [-0.05, 0) is 49.1 Å². The number of methoxy groups -OCH3 is 1. The fourth-order valence-electron chi connectivity index (χ4n) is 4.13. The van der Waals surface area contributed by atoms with Crippen LogP contribution >= 0.6 is 0 Å². The number of carbonyl (C=O) groups excluding carboxylic acids is 2. The Morgan fingerprint density at radius 3 is 2.61 bits per heavy atom. The summed E-state index contributed by atoms with van der Waals surface area (Å²) in [6.07, 6.45) is 2.41. The highest BCUT2D eigenvalue weighted by Crippen LogP contribution is 2.45. The number of benzene rings is 1. The number of hydrogen-bond donors (Lipinski definition) is 1. The maximum atomic E-state index is 13.3. The molecule has 1 N–H and O–H groups in total. The molecule has 2 atom stereocenters. The molecule has 144 valence electrons. The lowest BCUT2D eigenvalue weighted by Crippen LogP contribution is -2.35. The summed E-state index contributed by atoms with van der Waals surface area (Å²) in [5, 5.41) is 3.24. The summed E-state index contributed by atoms with van der Waals surface area (Å²) in [5.41, 5.74) is 3.25. The second-order valence-corrected chi connectivity index (χ2v) is 7.08. The highest BCUT2D eigenvalue weighted by molar-refractivity contribution is 6.04. The van der Waals surface area contributed by atoms with Crippen LogP contribution in [-0.2, 0) is 14.3 Å². The van der Waals surface area contributed by atoms with Gasteiger partial charge >= 0.3 is 5.97 Å². The van der Waals surface area contributed by atoms with Gasteiger partial charge in [0.15, 0.2) is 5.78 Å². The Labute approximate surface area is 161 Å². The minimum Gasteiger partial charge on any atom is -0.468 e. The number of furan rings is 1. The number of halogens is 1. The van der Waals surface area contributed by atoms with E-state index in [1.54, 1.807) is 31.2 Å². The van der Waals surface area contributed by atoms with Crippen molar-refractivity contribution in [3.05, 3.63) is 82.3 Å². The van der Waals surface area contributed by atoms with Crippen molar-refractivity contribution in [3.8, 4) is 0 Å². The first-order chi connectivity index (χ1) is 13.5. The maximum Gasteiger partial charge on any atom is 0.336 e. The third-order valence-corrected chi connectivity index (χ3v) is 5.40. The highest BCUT2D eigenvalue weighted by atomic mass is 19.1. The molecule has 5 nitrogen and oxygen atoms in total. The van der Waals surface area contributed by atoms with E-state index in [0.29, 0.717) is 29.0 Å². The third kappa shape index (κ3) is 3.05. The van der Waals surface area contributed by atoms with Crippen LogP contribution in [0.25, 0.3) is 0 Å². The van der Waals surface area contributed by atoms with Gasteiger partial charge in [-0.3, -0.25) is 4.79 Å². The predicted octanol–water partition coefficient (Wildman–Crippen LogP) is 3.95. The number of allylic oxidation sites excluding steroid dienone is 3. The molecule has 0 spiro atoms. The molecule has 0 unspecified atom stereocenters. The molecule has 28 heavy (non-hydrogen) atoms. The molecule has 1 aliphatic carbocycles. The van der Waals surface area contributed by atoms with Gasteiger partial charge in [0.25, 0.3) is 0 Å². The molecule has 2 heterocycles. The number of rotatable bonds is 3. The van der Waals surface area contributed by atoms with E-state index in [-0.39, 0.29) is 23.9 Å². The van der Waals surface area contributed by atoms with E-state index in [2.05, 4.69) is 5.32 Å². The van der Waals surface area contributed by atoms with Gasteiger partial charge in [-0.15, -0.1) is 0 Å². The zero-order valence-corrected chi connectivity index (χ0v) is 15.6. The standard InChI is InChI=1S/C22H20FNO4/c1-12-19(22(26)27-2)21(18-4-3-9-28-18)20-16(24-12)10-14(11-17(20)25)13-5-7-15(23)8-6-13/h3-9,14,21,24H,10-11H2,1-2H3/t14-,21+/m0/s1. The van der Waals surface area contributed by atoms with Crippen LogP contribution in [0.2, 0.25) is 0 Å². The smallest absolute Gasteiger partial charge is 0.336 e. The average Bonchev–Trinajstić information content (AvgIpc) is 3.21. The van der Waals surface area contributed by atoms with Crippen LogP contribution in [0.4, 0.5) is 4.39 Å². The minimum absolute atomic E-state index is 0.0518. The van der Waals surface area contributed by atoms with Crippen LogP contribution in [-0.4, -0.2) is 18.9 Å². The summed E-state index contributed by atoms with van der Waals surface area (Å²) in [4.78, 5) is 25.6. The van der Waals surface area contributed by atoms with Gasteiger partial charge in [-0.2, -0.15) is 0 Å². The number of esters is 1. The lowest BCUT2D eigenvalue weighted by molar-refractivity contribution is -0.136. The molecule has 4 rings (SSSR count). The first-order valence-electron chi connectivity index (χ1n) is 9.10. The Morgan fingerprint density at radius 2 is 1.96 bits per heavy atom. The molecule has 1 aliphatic heterocycles. The number of nitrogens with one attached hydrogen (secondary N) is 1. The summed E-state index contributed by atoms with van der Waals surface area (Å²) < 4.78 is 23.8. The largest absolute Gasteiger partial charge is 0.468 e. The first-order valence-corrected chi connectivity index (χ1v) is 9.10. The van der Waals surface area contributed by atoms with Crippen LogP contribution in [0.1, 0.15) is 42.9 Å². The monoisotopic (exact) mass is 381 g/mol. The van der Waals surface area contributed by atoms with Gasteiger partial charge in [0.1, 0.15) is 11.6 Å². The van der Waals surface area contributed by atoms with Crippen molar-refractivity contribution in [2.24, 2.45) is 0 Å². The molecule has 0 bridgehead atoms. The van der Waals surface area contributed by atoms with Crippen LogP contribution in [0.15, 0.2) is 69.6 Å². The van der Waals surface area contributed by atoms with Gasteiger partial charge in [0.05, 0.1) is 24.9 Å². The van der Waals surface area contributed by atoms with E-state index in [1.165, 1.54) is 25.5 Å². The van der Waals surface area contributed by atoms with Gasteiger partial charge in [0, 0.05) is 23.4 Å². The Hall–Kier alpha value is -3.15. The maximum absolute atomic E-state index is 13.3. The van der Waals surface area contributed by atoms with Gasteiger partial charge in [-0.1, -0.05) is 12.1 Å². The van der Waals surface area contributed by atoms with Crippen molar-refractivity contribution in [2.75, 3.05) is 7.11 Å². The van der Waals surface area contributed by atoms with Crippen LogP contribution in [0, 0.1) is 5.82 Å². The molecule has 0 fully saturated rings. The lowest BCUT2D eigenvalue weighted by atomic mass is 9.73. The second kappa shape index (κ2) is 7.11. The number of ether oxygens (including phenoxy) is 1. The zero-order chi connectivity index (χ0) is 19.8. The quantitative estimate of drug-likeness (QED) is 0.816. The molecule has 2 aliphatic rings. The molecule has 0 amide bonds. The van der Waals surface area contributed by atoms with Crippen molar-refractivity contribution in [1.82, 2.24) is 5.32 Å². The summed E-state index contributed by atoms with van der Waals surface area (Å²) >= 11 is 0. The fourth-order valence-corrected chi connectivity index (χ4v) is 4.13.